The van der Waals surface area contributed by atoms with Crippen molar-refractivity contribution in [2.24, 2.45) is 0 Å². The van der Waals surface area contributed by atoms with Gasteiger partial charge in [-0.15, -0.1) is 12.3 Å². The Morgan fingerprint density at radius 2 is 2.33 bits per heavy atom. The van der Waals surface area contributed by atoms with Gasteiger partial charge in [-0.2, -0.15) is 0 Å². The van der Waals surface area contributed by atoms with Crippen molar-refractivity contribution in [3.8, 4) is 12.3 Å². The van der Waals surface area contributed by atoms with Gasteiger partial charge in [0, 0.05) is 24.2 Å². The summed E-state index contributed by atoms with van der Waals surface area (Å²) in [5.74, 6) is 2.40. The van der Waals surface area contributed by atoms with Crippen molar-refractivity contribution >= 4 is 17.5 Å². The van der Waals surface area contributed by atoms with Crippen molar-refractivity contribution in [3.63, 3.8) is 0 Å². The summed E-state index contributed by atoms with van der Waals surface area (Å²) < 4.78 is 0. The summed E-state index contributed by atoms with van der Waals surface area (Å²) in [4.78, 5) is 16.0. The minimum atomic E-state index is -0.131. The Morgan fingerprint density at radius 3 is 3.00 bits per heavy atom. The van der Waals surface area contributed by atoms with Crippen LogP contribution in [0.5, 0.6) is 0 Å². The van der Waals surface area contributed by atoms with Crippen LogP contribution in [0, 0.1) is 12.3 Å². The summed E-state index contributed by atoms with van der Waals surface area (Å²) in [5, 5.41) is 3.17. The summed E-state index contributed by atoms with van der Waals surface area (Å²) >= 11 is 5.90. The molecular weight excluding hydrogens is 248 g/mol. The molecule has 0 radical (unpaired) electrons. The Kier molecular flexibility index (Phi) is 6.24. The standard InChI is InChI=1S/C14H17ClN2O/c1-3-5-6-8-16-14(18)11-9-12(7-4-2)17-13(15)10-11/h1,9-10H,4-8H2,2H3,(H,16,18). The fourth-order valence-corrected chi connectivity index (χ4v) is 1.79. The van der Waals surface area contributed by atoms with Crippen LogP contribution >= 0.6 is 11.6 Å². The maximum absolute atomic E-state index is 11.9. The maximum atomic E-state index is 11.9. The number of hydrogen-bond acceptors (Lipinski definition) is 2. The van der Waals surface area contributed by atoms with E-state index in [9.17, 15) is 4.79 Å². The zero-order valence-corrected chi connectivity index (χ0v) is 11.3. The van der Waals surface area contributed by atoms with Crippen molar-refractivity contribution in [2.45, 2.75) is 32.6 Å². The molecule has 0 saturated carbocycles. The van der Waals surface area contributed by atoms with Gasteiger partial charge in [-0.3, -0.25) is 4.79 Å². The Hall–Kier alpha value is -1.53. The minimum Gasteiger partial charge on any atom is -0.352 e. The van der Waals surface area contributed by atoms with Crippen molar-refractivity contribution in [3.05, 3.63) is 28.5 Å². The van der Waals surface area contributed by atoms with E-state index in [-0.39, 0.29) is 5.91 Å². The molecule has 0 spiro atoms. The molecule has 0 fully saturated rings. The number of terminal acetylenes is 1. The van der Waals surface area contributed by atoms with Crippen molar-refractivity contribution < 1.29 is 4.79 Å². The number of amides is 1. The van der Waals surface area contributed by atoms with Crippen molar-refractivity contribution in [1.29, 1.82) is 0 Å². The Bertz CT molecular complexity index is 452. The van der Waals surface area contributed by atoms with E-state index in [0.717, 1.165) is 25.0 Å². The van der Waals surface area contributed by atoms with E-state index in [1.54, 1.807) is 12.1 Å². The van der Waals surface area contributed by atoms with Crippen LogP contribution in [0.25, 0.3) is 0 Å². The molecule has 0 aliphatic carbocycles. The van der Waals surface area contributed by atoms with E-state index in [4.69, 9.17) is 18.0 Å². The van der Waals surface area contributed by atoms with Crippen molar-refractivity contribution in [1.82, 2.24) is 10.3 Å². The monoisotopic (exact) mass is 264 g/mol. The number of aryl methyl sites for hydroxylation is 1. The Labute approximate surface area is 113 Å². The van der Waals surface area contributed by atoms with Gasteiger partial charge < -0.3 is 5.32 Å². The first-order valence-corrected chi connectivity index (χ1v) is 6.43. The van der Waals surface area contributed by atoms with Crippen LogP contribution in [0.3, 0.4) is 0 Å². The van der Waals surface area contributed by atoms with Crippen LogP contribution in [0.2, 0.25) is 5.15 Å². The third kappa shape index (κ3) is 4.77. The first-order chi connectivity index (χ1) is 8.67. The third-order valence-corrected chi connectivity index (χ3v) is 2.59. The molecule has 1 aromatic rings. The number of nitrogens with one attached hydrogen (secondary N) is 1. The predicted octanol–water partition coefficient (Wildman–Crippen LogP) is 2.83. The van der Waals surface area contributed by atoms with Gasteiger partial charge in [-0.25, -0.2) is 4.98 Å². The van der Waals surface area contributed by atoms with E-state index >= 15 is 0 Å². The lowest BCUT2D eigenvalue weighted by molar-refractivity contribution is 0.0953. The second-order valence-electron chi connectivity index (χ2n) is 3.98. The molecule has 3 nitrogen and oxygen atoms in total. The number of halogens is 1. The molecule has 0 aliphatic rings. The fraction of sp³-hybridized carbons (Fsp3) is 0.429. The van der Waals surface area contributed by atoms with Crippen LogP contribution in [0.1, 0.15) is 42.2 Å². The van der Waals surface area contributed by atoms with Gasteiger partial charge in [0.2, 0.25) is 0 Å². The van der Waals surface area contributed by atoms with E-state index in [1.165, 1.54) is 0 Å². The highest BCUT2D eigenvalue weighted by molar-refractivity contribution is 6.29. The smallest absolute Gasteiger partial charge is 0.251 e. The lowest BCUT2D eigenvalue weighted by Crippen LogP contribution is -2.24. The number of nitrogens with zero attached hydrogens (tertiary/aromatic N) is 1. The summed E-state index contributed by atoms with van der Waals surface area (Å²) in [6, 6.07) is 3.36. The molecule has 1 rings (SSSR count). The number of hydrogen-bond donors (Lipinski definition) is 1. The van der Waals surface area contributed by atoms with Gasteiger partial charge in [-0.05, 0) is 25.0 Å². The fourth-order valence-electron chi connectivity index (χ4n) is 1.56. The predicted molar refractivity (Wildman–Crippen MR) is 73.6 cm³/mol. The summed E-state index contributed by atoms with van der Waals surface area (Å²) in [6.07, 6.45) is 8.37. The molecule has 18 heavy (non-hydrogen) atoms. The summed E-state index contributed by atoms with van der Waals surface area (Å²) in [6.45, 7) is 2.63. The molecule has 0 unspecified atom stereocenters. The maximum Gasteiger partial charge on any atom is 0.251 e. The molecule has 1 aromatic heterocycles. The first kappa shape index (κ1) is 14.5. The zero-order chi connectivity index (χ0) is 13.4. The van der Waals surface area contributed by atoms with Gasteiger partial charge >= 0.3 is 0 Å². The molecule has 1 heterocycles. The SMILES string of the molecule is C#CCCCNC(=O)c1cc(Cl)nc(CCC)c1. The minimum absolute atomic E-state index is 0.131. The van der Waals surface area contributed by atoms with Gasteiger partial charge in [0.15, 0.2) is 0 Å². The average Bonchev–Trinajstić information content (AvgIpc) is 2.34. The number of aromatic nitrogens is 1. The Morgan fingerprint density at radius 1 is 1.56 bits per heavy atom. The zero-order valence-electron chi connectivity index (χ0n) is 10.5. The van der Waals surface area contributed by atoms with Crippen LogP contribution in [0.15, 0.2) is 12.1 Å². The summed E-state index contributed by atoms with van der Waals surface area (Å²) in [7, 11) is 0. The van der Waals surface area contributed by atoms with Crippen LogP contribution in [0.4, 0.5) is 0 Å². The Balaban J connectivity index is 2.64. The highest BCUT2D eigenvalue weighted by atomic mass is 35.5. The average molecular weight is 265 g/mol. The molecular formula is C14H17ClN2O. The molecule has 1 N–H and O–H groups in total. The van der Waals surface area contributed by atoms with E-state index in [1.807, 2.05) is 0 Å². The normalized spacial score (nSPS) is 9.83. The van der Waals surface area contributed by atoms with Crippen LogP contribution in [-0.2, 0) is 6.42 Å². The van der Waals surface area contributed by atoms with Crippen LogP contribution < -0.4 is 5.32 Å². The van der Waals surface area contributed by atoms with E-state index in [0.29, 0.717) is 23.7 Å². The van der Waals surface area contributed by atoms with Gasteiger partial charge in [-0.1, -0.05) is 24.9 Å². The van der Waals surface area contributed by atoms with E-state index in [2.05, 4.69) is 23.1 Å². The number of carbonyl (C=O) groups is 1. The number of unbranched alkanes of at least 4 members (excludes halogenated alkanes) is 1. The lowest BCUT2D eigenvalue weighted by atomic mass is 10.1. The molecule has 0 aliphatic heterocycles. The molecule has 0 saturated heterocycles. The van der Waals surface area contributed by atoms with Gasteiger partial charge in [0.1, 0.15) is 5.15 Å². The molecule has 0 bridgehead atoms. The second kappa shape index (κ2) is 7.73. The number of carbonyl (C=O) groups excluding carboxylic acids is 1. The molecule has 4 heteroatoms. The number of rotatable bonds is 6. The third-order valence-electron chi connectivity index (χ3n) is 2.40. The van der Waals surface area contributed by atoms with Crippen LogP contribution in [-0.4, -0.2) is 17.4 Å². The topological polar surface area (TPSA) is 42.0 Å². The molecule has 0 aromatic carbocycles. The highest BCUT2D eigenvalue weighted by Crippen LogP contribution is 2.12. The quantitative estimate of drug-likeness (QED) is 0.488. The molecule has 1 amide bonds. The van der Waals surface area contributed by atoms with E-state index < -0.39 is 0 Å². The second-order valence-corrected chi connectivity index (χ2v) is 4.37. The highest BCUT2D eigenvalue weighted by Gasteiger charge is 2.08. The molecule has 0 atom stereocenters. The first-order valence-electron chi connectivity index (χ1n) is 6.05. The summed E-state index contributed by atoms with van der Waals surface area (Å²) in [5.41, 5.74) is 1.40. The van der Waals surface area contributed by atoms with Gasteiger partial charge in [0.25, 0.3) is 5.91 Å². The molecule has 96 valence electrons. The van der Waals surface area contributed by atoms with Gasteiger partial charge in [0.05, 0.1) is 0 Å². The van der Waals surface area contributed by atoms with Crippen molar-refractivity contribution in [2.75, 3.05) is 6.54 Å². The number of pyridine rings is 1. The lowest BCUT2D eigenvalue weighted by Gasteiger charge is -2.06. The largest absolute Gasteiger partial charge is 0.352 e.